The van der Waals surface area contributed by atoms with Gasteiger partial charge in [-0.1, -0.05) is 23.7 Å². The normalized spacial score (nSPS) is 11.2. The van der Waals surface area contributed by atoms with Gasteiger partial charge in [-0.25, -0.2) is 14.2 Å². The number of rotatable bonds is 10. The predicted molar refractivity (Wildman–Crippen MR) is 126 cm³/mol. The third kappa shape index (κ3) is 6.44. The summed E-state index contributed by atoms with van der Waals surface area (Å²) in [6, 6.07) is 14.0. The minimum atomic E-state index is -0.776. The molecule has 0 radical (unpaired) electrons. The molecule has 0 saturated heterocycles. The van der Waals surface area contributed by atoms with Crippen LogP contribution in [0.25, 0.3) is 0 Å². The molecule has 10 heteroatoms. The number of hydrogen-bond acceptors (Lipinski definition) is 7. The molecule has 1 aromatic heterocycles. The van der Waals surface area contributed by atoms with Crippen LogP contribution in [0.5, 0.6) is 5.75 Å². The van der Waals surface area contributed by atoms with E-state index in [1.807, 2.05) is 13.8 Å². The maximum Gasteiger partial charge on any atom is 0.354 e. The van der Waals surface area contributed by atoms with E-state index in [2.05, 4.69) is 10.3 Å². The van der Waals surface area contributed by atoms with Crippen LogP contribution in [0.1, 0.15) is 19.4 Å². The molecule has 0 fully saturated rings. The molecule has 0 aliphatic heterocycles. The Kier molecular flexibility index (Phi) is 8.26. The number of aromatic nitrogens is 3. The molecular formula is C23H27ClN4O5. The first kappa shape index (κ1) is 24.5. The lowest BCUT2D eigenvalue weighted by molar-refractivity contribution is 0.134. The van der Waals surface area contributed by atoms with Gasteiger partial charge in [0.1, 0.15) is 5.75 Å². The van der Waals surface area contributed by atoms with E-state index in [0.29, 0.717) is 16.5 Å². The van der Waals surface area contributed by atoms with Crippen molar-refractivity contribution in [2.45, 2.75) is 33.0 Å². The van der Waals surface area contributed by atoms with Gasteiger partial charge in [0.05, 0.1) is 12.6 Å². The summed E-state index contributed by atoms with van der Waals surface area (Å²) < 4.78 is 7.88. The number of aliphatic hydroxyl groups is 2. The van der Waals surface area contributed by atoms with Crippen molar-refractivity contribution in [3.63, 3.8) is 0 Å². The predicted octanol–water partition coefficient (Wildman–Crippen LogP) is 2.24. The summed E-state index contributed by atoms with van der Waals surface area (Å²) in [6.07, 6.45) is 0.0317. The quantitative estimate of drug-likeness (QED) is 0.412. The number of benzene rings is 2. The molecule has 0 spiro atoms. The van der Waals surface area contributed by atoms with Gasteiger partial charge in [0.15, 0.2) is 0 Å². The van der Waals surface area contributed by atoms with Crippen LogP contribution in [0, 0.1) is 5.92 Å². The molecule has 0 aliphatic carbocycles. The molecule has 3 N–H and O–H groups in total. The molecule has 0 amide bonds. The van der Waals surface area contributed by atoms with Gasteiger partial charge in [-0.3, -0.25) is 4.57 Å². The maximum absolute atomic E-state index is 13.3. The van der Waals surface area contributed by atoms with E-state index in [9.17, 15) is 19.8 Å². The van der Waals surface area contributed by atoms with Crippen molar-refractivity contribution >= 4 is 23.2 Å². The van der Waals surface area contributed by atoms with Gasteiger partial charge < -0.3 is 20.3 Å². The zero-order chi connectivity index (χ0) is 24.0. The fourth-order valence-corrected chi connectivity index (χ4v) is 3.27. The van der Waals surface area contributed by atoms with Crippen LogP contribution in [0.15, 0.2) is 58.1 Å². The van der Waals surface area contributed by atoms with Gasteiger partial charge in [-0.2, -0.15) is 4.98 Å². The van der Waals surface area contributed by atoms with E-state index < -0.39 is 17.3 Å². The van der Waals surface area contributed by atoms with Crippen LogP contribution in [0.3, 0.4) is 0 Å². The first-order valence-corrected chi connectivity index (χ1v) is 10.9. The van der Waals surface area contributed by atoms with Gasteiger partial charge in [0, 0.05) is 36.4 Å². The van der Waals surface area contributed by atoms with Gasteiger partial charge in [0.25, 0.3) is 0 Å². The SMILES string of the molecule is CC(C)Oc1ccc(Nc2nc(=O)n(CC(CO)CO)c(=O)n2Cc2ccc(Cl)cc2)cc1. The largest absolute Gasteiger partial charge is 0.491 e. The zero-order valence-electron chi connectivity index (χ0n) is 18.4. The summed E-state index contributed by atoms with van der Waals surface area (Å²) in [5, 5.41) is 22.4. The Morgan fingerprint density at radius 3 is 2.21 bits per heavy atom. The highest BCUT2D eigenvalue weighted by molar-refractivity contribution is 6.30. The van der Waals surface area contributed by atoms with Gasteiger partial charge in [0.2, 0.25) is 5.95 Å². The molecule has 3 rings (SSSR count). The summed E-state index contributed by atoms with van der Waals surface area (Å²) in [5.41, 5.74) is 0.00216. The molecule has 0 saturated carbocycles. The van der Waals surface area contributed by atoms with Crippen molar-refractivity contribution in [3.05, 3.63) is 80.1 Å². The lowest BCUT2D eigenvalue weighted by atomic mass is 10.2. The van der Waals surface area contributed by atoms with E-state index in [-0.39, 0.29) is 38.4 Å². The Balaban J connectivity index is 2.01. The van der Waals surface area contributed by atoms with Crippen LogP contribution in [0.2, 0.25) is 5.02 Å². The van der Waals surface area contributed by atoms with Crippen LogP contribution in [0.4, 0.5) is 11.6 Å². The Morgan fingerprint density at radius 1 is 1.00 bits per heavy atom. The van der Waals surface area contributed by atoms with Crippen molar-refractivity contribution in [2.24, 2.45) is 5.92 Å². The minimum absolute atomic E-state index is 0.0317. The second-order valence-electron chi connectivity index (χ2n) is 7.87. The lowest BCUT2D eigenvalue weighted by Gasteiger charge is -2.18. The molecule has 176 valence electrons. The number of halogens is 1. The Bertz CT molecular complexity index is 1170. The number of nitrogens with zero attached hydrogens (tertiary/aromatic N) is 3. The summed E-state index contributed by atoms with van der Waals surface area (Å²) in [6.45, 7) is 3.09. The van der Waals surface area contributed by atoms with Gasteiger partial charge >= 0.3 is 11.4 Å². The van der Waals surface area contributed by atoms with Crippen molar-refractivity contribution in [1.29, 1.82) is 0 Å². The standard InChI is InChI=1S/C23H27ClN4O5/c1-15(2)33-20-9-7-19(8-10-20)25-21-26-22(31)28(12-17(13-29)14-30)23(32)27(21)11-16-3-5-18(24)6-4-16/h3-10,15,17,29-30H,11-14H2,1-2H3,(H,25,26,31). The number of aliphatic hydroxyl groups excluding tert-OH is 2. The smallest absolute Gasteiger partial charge is 0.354 e. The number of ether oxygens (including phenoxy) is 1. The van der Waals surface area contributed by atoms with Crippen LogP contribution in [-0.4, -0.2) is 43.6 Å². The van der Waals surface area contributed by atoms with Crippen molar-refractivity contribution in [2.75, 3.05) is 18.5 Å². The molecule has 9 nitrogen and oxygen atoms in total. The average molecular weight is 475 g/mol. The fraction of sp³-hybridized carbons (Fsp3) is 0.348. The van der Waals surface area contributed by atoms with E-state index in [1.165, 1.54) is 4.57 Å². The van der Waals surface area contributed by atoms with Crippen LogP contribution in [-0.2, 0) is 13.1 Å². The summed E-state index contributed by atoms with van der Waals surface area (Å²) in [4.78, 5) is 30.0. The van der Waals surface area contributed by atoms with E-state index in [1.54, 1.807) is 48.5 Å². The Hall–Kier alpha value is -3.14. The topological polar surface area (TPSA) is 119 Å². The van der Waals surface area contributed by atoms with Crippen molar-refractivity contribution in [1.82, 2.24) is 14.1 Å². The first-order chi connectivity index (χ1) is 15.8. The second kappa shape index (κ2) is 11.1. The highest BCUT2D eigenvalue weighted by Gasteiger charge is 2.17. The number of hydrogen-bond donors (Lipinski definition) is 3. The Morgan fingerprint density at radius 2 is 1.64 bits per heavy atom. The molecule has 3 aromatic rings. The van der Waals surface area contributed by atoms with Crippen molar-refractivity contribution in [3.8, 4) is 5.75 Å². The molecule has 1 heterocycles. The average Bonchev–Trinajstić information content (AvgIpc) is 2.79. The highest BCUT2D eigenvalue weighted by Crippen LogP contribution is 2.20. The van der Waals surface area contributed by atoms with E-state index >= 15 is 0 Å². The maximum atomic E-state index is 13.3. The second-order valence-corrected chi connectivity index (χ2v) is 8.31. The molecule has 0 bridgehead atoms. The summed E-state index contributed by atoms with van der Waals surface area (Å²) >= 11 is 5.97. The molecule has 0 atom stereocenters. The van der Waals surface area contributed by atoms with E-state index in [0.717, 1.165) is 10.1 Å². The molecule has 33 heavy (non-hydrogen) atoms. The zero-order valence-corrected chi connectivity index (χ0v) is 19.2. The Labute approximate surface area is 195 Å². The number of anilines is 2. The molecular weight excluding hydrogens is 448 g/mol. The van der Waals surface area contributed by atoms with Crippen LogP contribution >= 0.6 is 11.6 Å². The van der Waals surface area contributed by atoms with Crippen LogP contribution < -0.4 is 21.4 Å². The number of nitrogens with one attached hydrogen (secondary N) is 1. The first-order valence-electron chi connectivity index (χ1n) is 10.5. The molecule has 0 unspecified atom stereocenters. The summed E-state index contributed by atoms with van der Waals surface area (Å²) in [5.74, 6) is 0.100. The van der Waals surface area contributed by atoms with E-state index in [4.69, 9.17) is 16.3 Å². The monoisotopic (exact) mass is 474 g/mol. The summed E-state index contributed by atoms with van der Waals surface area (Å²) in [7, 11) is 0. The highest BCUT2D eigenvalue weighted by atomic mass is 35.5. The minimum Gasteiger partial charge on any atom is -0.491 e. The molecule has 0 aliphatic rings. The van der Waals surface area contributed by atoms with Gasteiger partial charge in [-0.05, 0) is 55.8 Å². The lowest BCUT2D eigenvalue weighted by Crippen LogP contribution is -2.44. The fourth-order valence-electron chi connectivity index (χ4n) is 3.15. The third-order valence-corrected chi connectivity index (χ3v) is 5.10. The molecule has 2 aromatic carbocycles. The third-order valence-electron chi connectivity index (χ3n) is 4.84. The van der Waals surface area contributed by atoms with Gasteiger partial charge in [-0.15, -0.1) is 0 Å². The van der Waals surface area contributed by atoms with Crippen molar-refractivity contribution < 1.29 is 14.9 Å².